The number of pyridine rings is 1. The quantitative estimate of drug-likeness (QED) is 0.397. The summed E-state index contributed by atoms with van der Waals surface area (Å²) in [6.45, 7) is 11.6. The molecule has 0 aliphatic rings. The van der Waals surface area contributed by atoms with Gasteiger partial charge in [-0.05, 0) is 61.4 Å². The highest BCUT2D eigenvalue weighted by molar-refractivity contribution is 6.11. The van der Waals surface area contributed by atoms with E-state index in [9.17, 15) is 9.59 Å². The second-order valence-corrected chi connectivity index (χ2v) is 9.34. The Morgan fingerprint density at radius 3 is 2.43 bits per heavy atom. The number of ether oxygens (including phenoxy) is 2. The van der Waals surface area contributed by atoms with Gasteiger partial charge in [-0.15, -0.1) is 0 Å². The van der Waals surface area contributed by atoms with Gasteiger partial charge in [-0.1, -0.05) is 26.0 Å². The van der Waals surface area contributed by atoms with Crippen molar-refractivity contribution in [3.63, 3.8) is 0 Å². The van der Waals surface area contributed by atoms with Crippen LogP contribution in [0.25, 0.3) is 11.0 Å². The largest absolute Gasteiger partial charge is 0.464 e. The van der Waals surface area contributed by atoms with Crippen molar-refractivity contribution in [1.82, 2.24) is 9.55 Å². The van der Waals surface area contributed by atoms with Gasteiger partial charge in [0.1, 0.15) is 12.3 Å². The highest BCUT2D eigenvalue weighted by Crippen LogP contribution is 2.33. The average Bonchev–Trinajstić information content (AvgIpc) is 3.11. The summed E-state index contributed by atoms with van der Waals surface area (Å²) < 4.78 is 11.9. The second-order valence-electron chi connectivity index (χ2n) is 9.34. The normalized spacial score (nSPS) is 11.2. The molecule has 0 atom stereocenters. The first-order chi connectivity index (χ1) is 16.7. The smallest absolute Gasteiger partial charge is 0.356 e. The number of nitrogens with zero attached hydrogens (tertiary/aromatic N) is 2. The predicted molar refractivity (Wildman–Crippen MR) is 139 cm³/mol. The Kier molecular flexibility index (Phi) is 8.51. The molecule has 1 aromatic carbocycles. The van der Waals surface area contributed by atoms with Crippen molar-refractivity contribution in [3.05, 3.63) is 52.3 Å². The summed E-state index contributed by atoms with van der Waals surface area (Å²) in [5.41, 5.74) is 7.00. The van der Waals surface area contributed by atoms with Gasteiger partial charge in [0, 0.05) is 25.6 Å². The minimum absolute atomic E-state index is 0.128. The number of hydrogen-bond donors (Lipinski definition) is 2. The van der Waals surface area contributed by atoms with Gasteiger partial charge in [0.25, 0.3) is 0 Å². The minimum Gasteiger partial charge on any atom is -0.464 e. The Balaban J connectivity index is 2.06. The van der Waals surface area contributed by atoms with E-state index in [1.165, 1.54) is 36.5 Å². The van der Waals surface area contributed by atoms with E-state index in [0.717, 1.165) is 12.1 Å². The van der Waals surface area contributed by atoms with E-state index in [1.54, 1.807) is 6.20 Å². The van der Waals surface area contributed by atoms with Gasteiger partial charge >= 0.3 is 5.97 Å². The molecule has 2 heterocycles. The van der Waals surface area contributed by atoms with E-state index in [1.807, 2.05) is 10.6 Å². The molecule has 0 saturated heterocycles. The van der Waals surface area contributed by atoms with E-state index in [4.69, 9.17) is 9.47 Å². The average molecular weight is 481 g/mol. The third kappa shape index (κ3) is 6.00. The topological polar surface area (TPSA) is 94.5 Å². The van der Waals surface area contributed by atoms with Crippen LogP contribution in [-0.4, -0.2) is 42.3 Å². The highest BCUT2D eigenvalue weighted by atomic mass is 16.5. The summed E-state index contributed by atoms with van der Waals surface area (Å²) in [5, 5.41) is 6.96. The van der Waals surface area contributed by atoms with Gasteiger partial charge in [-0.3, -0.25) is 4.79 Å². The zero-order valence-electron chi connectivity index (χ0n) is 21.7. The van der Waals surface area contributed by atoms with Crippen molar-refractivity contribution in [2.24, 2.45) is 5.92 Å². The molecule has 0 spiro atoms. The van der Waals surface area contributed by atoms with Crippen LogP contribution in [0.15, 0.2) is 24.4 Å². The number of aromatic nitrogens is 2. The van der Waals surface area contributed by atoms with E-state index < -0.39 is 5.97 Å². The fourth-order valence-electron chi connectivity index (χ4n) is 4.08. The molecule has 0 radical (unpaired) electrons. The highest BCUT2D eigenvalue weighted by Gasteiger charge is 2.26. The van der Waals surface area contributed by atoms with Gasteiger partial charge in [0.05, 0.1) is 24.7 Å². The summed E-state index contributed by atoms with van der Waals surface area (Å²) >= 11 is 0. The van der Waals surface area contributed by atoms with Gasteiger partial charge in [0.2, 0.25) is 5.91 Å². The molecule has 188 valence electrons. The number of carbonyl (C=O) groups is 2. The Morgan fingerprint density at radius 2 is 1.77 bits per heavy atom. The third-order valence-corrected chi connectivity index (χ3v) is 6.18. The number of anilines is 2. The number of esters is 1. The summed E-state index contributed by atoms with van der Waals surface area (Å²) in [7, 11) is 2.78. The van der Waals surface area contributed by atoms with Gasteiger partial charge < -0.3 is 24.7 Å². The second kappa shape index (κ2) is 11.4. The Morgan fingerprint density at radius 1 is 1.06 bits per heavy atom. The third-order valence-electron chi connectivity index (χ3n) is 6.18. The van der Waals surface area contributed by atoms with Crippen molar-refractivity contribution in [2.75, 3.05) is 31.5 Å². The zero-order valence-corrected chi connectivity index (χ0v) is 21.7. The molecule has 0 fully saturated rings. The van der Waals surface area contributed by atoms with E-state index >= 15 is 0 Å². The molecule has 0 aliphatic carbocycles. The molecule has 0 saturated carbocycles. The fraction of sp³-hybridized carbons (Fsp3) is 0.444. The molecule has 8 nitrogen and oxygen atoms in total. The number of benzene rings is 1. The fourth-order valence-corrected chi connectivity index (χ4v) is 4.08. The molecule has 1 amide bonds. The van der Waals surface area contributed by atoms with Crippen LogP contribution >= 0.6 is 0 Å². The molecule has 2 aromatic heterocycles. The maximum atomic E-state index is 12.8. The number of amides is 1. The van der Waals surface area contributed by atoms with Gasteiger partial charge in [-0.2, -0.15) is 0 Å². The van der Waals surface area contributed by atoms with Crippen molar-refractivity contribution in [2.45, 2.75) is 54.1 Å². The van der Waals surface area contributed by atoms with Crippen molar-refractivity contribution in [1.29, 1.82) is 0 Å². The number of methoxy groups -OCH3 is 2. The van der Waals surface area contributed by atoms with Crippen molar-refractivity contribution in [3.8, 4) is 0 Å². The number of carbonyl (C=O) groups excluding carboxylic acids is 2. The SMILES string of the molecule is COCC(=O)Nc1c(C(=O)OC)n(CCC(C)C)c2ncc(NCc3cc(C)c(C)cc3C)cc12. The maximum absolute atomic E-state index is 12.8. The van der Waals surface area contributed by atoms with Gasteiger partial charge in [0.15, 0.2) is 5.69 Å². The molecule has 3 aromatic rings. The lowest BCUT2D eigenvalue weighted by molar-refractivity contribution is -0.119. The molecule has 35 heavy (non-hydrogen) atoms. The van der Waals surface area contributed by atoms with E-state index in [0.29, 0.717) is 35.7 Å². The lowest BCUT2D eigenvalue weighted by Gasteiger charge is -2.12. The first-order valence-corrected chi connectivity index (χ1v) is 11.9. The van der Waals surface area contributed by atoms with Crippen LogP contribution in [0, 0.1) is 26.7 Å². The summed E-state index contributed by atoms with van der Waals surface area (Å²) in [6, 6.07) is 6.30. The number of rotatable bonds is 10. The monoisotopic (exact) mass is 480 g/mol. The lowest BCUT2D eigenvalue weighted by Crippen LogP contribution is -2.20. The molecule has 8 heteroatoms. The molecular formula is C27H36N4O4. The van der Waals surface area contributed by atoms with Crippen LogP contribution < -0.4 is 10.6 Å². The summed E-state index contributed by atoms with van der Waals surface area (Å²) in [5.74, 6) is -0.462. The maximum Gasteiger partial charge on any atom is 0.356 e. The summed E-state index contributed by atoms with van der Waals surface area (Å²) in [6.07, 6.45) is 2.60. The molecule has 2 N–H and O–H groups in total. The molecular weight excluding hydrogens is 444 g/mol. The molecule has 0 bridgehead atoms. The molecule has 0 unspecified atom stereocenters. The Bertz CT molecular complexity index is 1230. The predicted octanol–water partition coefficient (Wildman–Crippen LogP) is 4.99. The van der Waals surface area contributed by atoms with Crippen molar-refractivity contribution >= 4 is 34.3 Å². The van der Waals surface area contributed by atoms with Crippen LogP contribution in [-0.2, 0) is 27.4 Å². The number of aryl methyl sites for hydroxylation is 4. The van der Waals surface area contributed by atoms with Crippen LogP contribution in [0.5, 0.6) is 0 Å². The minimum atomic E-state index is -0.528. The molecule has 3 rings (SSSR count). The Labute approximate surface area is 207 Å². The number of hydrogen-bond acceptors (Lipinski definition) is 6. The van der Waals surface area contributed by atoms with E-state index in [2.05, 4.69) is 62.4 Å². The zero-order chi connectivity index (χ0) is 25.7. The first kappa shape index (κ1) is 26.2. The van der Waals surface area contributed by atoms with Crippen molar-refractivity contribution < 1.29 is 19.1 Å². The van der Waals surface area contributed by atoms with Crippen LogP contribution in [0.1, 0.15) is 53.0 Å². The van der Waals surface area contributed by atoms with Crippen LogP contribution in [0.3, 0.4) is 0 Å². The Hall–Kier alpha value is -3.39. The number of nitrogens with one attached hydrogen (secondary N) is 2. The lowest BCUT2D eigenvalue weighted by atomic mass is 10.0. The van der Waals surface area contributed by atoms with Crippen LogP contribution in [0.4, 0.5) is 11.4 Å². The summed E-state index contributed by atoms with van der Waals surface area (Å²) in [4.78, 5) is 30.0. The van der Waals surface area contributed by atoms with Gasteiger partial charge in [-0.25, -0.2) is 9.78 Å². The number of fused-ring (bicyclic) bond motifs is 1. The molecule has 0 aliphatic heterocycles. The van der Waals surface area contributed by atoms with E-state index in [-0.39, 0.29) is 18.2 Å². The first-order valence-electron chi connectivity index (χ1n) is 11.9. The standard InChI is InChI=1S/C27H36N4O4/c1-16(2)8-9-31-25(27(33)35-7)24(30-23(32)15-34-6)22-12-21(14-29-26(22)31)28-13-20-11-18(4)17(3)10-19(20)5/h10-12,14,16,28H,8-9,13,15H2,1-7H3,(H,30,32). The van der Waals surface area contributed by atoms with Crippen LogP contribution in [0.2, 0.25) is 0 Å².